The molecule has 154 valence electrons. The second-order valence-corrected chi connectivity index (χ2v) is 10.1. The van der Waals surface area contributed by atoms with Crippen molar-refractivity contribution in [2.45, 2.75) is 32.9 Å². The highest BCUT2D eigenvalue weighted by Gasteiger charge is 2.23. The average molecular weight is 478 g/mol. The molecule has 0 atom stereocenters. The highest BCUT2D eigenvalue weighted by molar-refractivity contribution is 9.10. The van der Waals surface area contributed by atoms with Gasteiger partial charge in [0, 0.05) is 34.4 Å². The van der Waals surface area contributed by atoms with Gasteiger partial charge in [0.2, 0.25) is 0 Å². The van der Waals surface area contributed by atoms with Crippen LogP contribution in [-0.4, -0.2) is 52.7 Å². The fourth-order valence-electron chi connectivity index (χ4n) is 3.29. The topological polar surface area (TPSA) is 56.6 Å². The molecule has 0 amide bonds. The molecule has 0 radical (unpaired) electrons. The smallest absolute Gasteiger partial charge is 0.435 e. The van der Waals surface area contributed by atoms with Gasteiger partial charge in [0.05, 0.1) is 23.6 Å². The Balaban J connectivity index is 1.68. The fourth-order valence-corrected chi connectivity index (χ4v) is 4.70. The Bertz CT molecular complexity index is 1030. The number of nitrogens with zero attached hydrogens (tertiary/aromatic N) is 3. The number of aromatic nitrogens is 2. The molecule has 6 nitrogen and oxygen atoms in total. The van der Waals surface area contributed by atoms with Crippen LogP contribution in [0.4, 0.5) is 4.79 Å². The number of carbonyl (C=O) groups excluding carboxylic acids is 1. The van der Waals surface area contributed by atoms with Gasteiger partial charge >= 0.3 is 6.09 Å². The summed E-state index contributed by atoms with van der Waals surface area (Å²) in [7, 11) is 0. The molecule has 0 unspecified atom stereocenters. The zero-order valence-electron chi connectivity index (χ0n) is 16.8. The maximum absolute atomic E-state index is 12.7. The molecule has 3 heterocycles. The number of ether oxygens (including phenoxy) is 2. The van der Waals surface area contributed by atoms with Crippen LogP contribution in [0.2, 0.25) is 0 Å². The van der Waals surface area contributed by atoms with Gasteiger partial charge in [-0.3, -0.25) is 4.90 Å². The Kier molecular flexibility index (Phi) is 5.79. The van der Waals surface area contributed by atoms with Crippen LogP contribution in [0, 0.1) is 0 Å². The molecule has 4 rings (SSSR count). The first-order valence-electron chi connectivity index (χ1n) is 9.61. The van der Waals surface area contributed by atoms with Gasteiger partial charge in [0.1, 0.15) is 11.3 Å². The molecule has 0 bridgehead atoms. The van der Waals surface area contributed by atoms with Crippen molar-refractivity contribution >= 4 is 44.3 Å². The normalized spacial score (nSPS) is 15.7. The maximum atomic E-state index is 12.7. The van der Waals surface area contributed by atoms with E-state index in [9.17, 15) is 4.79 Å². The first-order chi connectivity index (χ1) is 13.8. The summed E-state index contributed by atoms with van der Waals surface area (Å²) in [6.07, 6.45) is -0.471. The molecule has 1 aliphatic rings. The molecule has 1 fully saturated rings. The Labute approximate surface area is 182 Å². The monoisotopic (exact) mass is 477 g/mol. The van der Waals surface area contributed by atoms with Crippen molar-refractivity contribution in [3.05, 3.63) is 39.7 Å². The summed E-state index contributed by atoms with van der Waals surface area (Å²) >= 11 is 5.25. The number of halogens is 1. The Hall–Kier alpha value is -1.74. The predicted octanol–water partition coefficient (Wildman–Crippen LogP) is 5.14. The average Bonchev–Trinajstić information content (AvgIpc) is 3.25. The lowest BCUT2D eigenvalue weighted by molar-refractivity contribution is 0.0346. The standard InChI is InChI=1S/C21H24BrN3O3S/c1-21(2,3)28-20(26)25-17-6-4-14(22)12-16(17)19(23-25)18-7-5-15(29-18)13-24-8-10-27-11-9-24/h4-7,12H,8-11,13H2,1-3H3. The lowest BCUT2D eigenvalue weighted by Gasteiger charge is -2.25. The first kappa shape index (κ1) is 20.5. The van der Waals surface area contributed by atoms with Crippen LogP contribution in [0.25, 0.3) is 21.5 Å². The van der Waals surface area contributed by atoms with Crippen molar-refractivity contribution in [1.29, 1.82) is 0 Å². The molecule has 1 saturated heterocycles. The summed E-state index contributed by atoms with van der Waals surface area (Å²) < 4.78 is 13.3. The Morgan fingerprint density at radius 3 is 2.72 bits per heavy atom. The molecule has 29 heavy (non-hydrogen) atoms. The largest absolute Gasteiger partial charge is 0.442 e. The van der Waals surface area contributed by atoms with E-state index in [1.807, 2.05) is 39.0 Å². The fraction of sp³-hybridized carbons (Fsp3) is 0.429. The number of morpholine rings is 1. The lowest BCUT2D eigenvalue weighted by Crippen LogP contribution is -2.35. The molecule has 3 aromatic rings. The third-order valence-electron chi connectivity index (χ3n) is 4.59. The second-order valence-electron chi connectivity index (χ2n) is 8.06. The first-order valence-corrected chi connectivity index (χ1v) is 11.2. The quantitative estimate of drug-likeness (QED) is 0.522. The van der Waals surface area contributed by atoms with Crippen molar-refractivity contribution in [2.24, 2.45) is 0 Å². The van der Waals surface area contributed by atoms with Crippen molar-refractivity contribution in [3.63, 3.8) is 0 Å². The minimum atomic E-state index is -0.584. The van der Waals surface area contributed by atoms with Crippen LogP contribution < -0.4 is 0 Å². The third kappa shape index (κ3) is 4.71. The maximum Gasteiger partial charge on any atom is 0.435 e. The third-order valence-corrected chi connectivity index (χ3v) is 6.16. The lowest BCUT2D eigenvalue weighted by atomic mass is 10.2. The zero-order valence-corrected chi connectivity index (χ0v) is 19.2. The van der Waals surface area contributed by atoms with E-state index in [0.29, 0.717) is 0 Å². The van der Waals surface area contributed by atoms with Crippen molar-refractivity contribution in [3.8, 4) is 10.6 Å². The molecule has 2 aromatic heterocycles. The molecule has 1 aliphatic heterocycles. The van der Waals surface area contributed by atoms with Crippen molar-refractivity contribution in [2.75, 3.05) is 26.3 Å². The summed E-state index contributed by atoms with van der Waals surface area (Å²) in [5.74, 6) is 0. The van der Waals surface area contributed by atoms with E-state index in [-0.39, 0.29) is 0 Å². The molecule has 0 spiro atoms. The van der Waals surface area contributed by atoms with Crippen LogP contribution in [0.3, 0.4) is 0 Å². The molecule has 0 N–H and O–H groups in total. The van der Waals surface area contributed by atoms with Gasteiger partial charge in [-0.15, -0.1) is 11.3 Å². The molecule has 0 saturated carbocycles. The Morgan fingerprint density at radius 1 is 1.24 bits per heavy atom. The SMILES string of the molecule is CC(C)(C)OC(=O)n1nc(-c2ccc(CN3CCOCC3)s2)c2cc(Br)ccc21. The molecular formula is C21H24BrN3O3S. The molecule has 8 heteroatoms. The zero-order chi connectivity index (χ0) is 20.6. The van der Waals surface area contributed by atoms with Crippen molar-refractivity contribution in [1.82, 2.24) is 14.7 Å². The number of benzene rings is 1. The number of thiophene rings is 1. The van der Waals surface area contributed by atoms with Crippen molar-refractivity contribution < 1.29 is 14.3 Å². The summed E-state index contributed by atoms with van der Waals surface area (Å²) in [6, 6.07) is 10.0. The highest BCUT2D eigenvalue weighted by atomic mass is 79.9. The van der Waals surface area contributed by atoms with Crippen LogP contribution in [0.15, 0.2) is 34.8 Å². The van der Waals surface area contributed by atoms with E-state index in [1.54, 1.807) is 11.3 Å². The van der Waals surface area contributed by atoms with Crippen LogP contribution in [0.1, 0.15) is 25.6 Å². The molecule has 0 aliphatic carbocycles. The summed E-state index contributed by atoms with van der Waals surface area (Å²) in [6.45, 7) is 9.95. The second kappa shape index (κ2) is 8.18. The van der Waals surface area contributed by atoms with Gasteiger partial charge < -0.3 is 9.47 Å². The molecular weight excluding hydrogens is 454 g/mol. The number of hydrogen-bond acceptors (Lipinski definition) is 6. The van der Waals surface area contributed by atoms with E-state index in [1.165, 1.54) is 9.56 Å². The highest BCUT2D eigenvalue weighted by Crippen LogP contribution is 2.35. The van der Waals surface area contributed by atoms with Gasteiger partial charge in [0.25, 0.3) is 0 Å². The molecule has 1 aromatic carbocycles. The minimum Gasteiger partial charge on any atom is -0.442 e. The van der Waals surface area contributed by atoms with Gasteiger partial charge in [-0.25, -0.2) is 4.79 Å². The van der Waals surface area contributed by atoms with E-state index < -0.39 is 11.7 Å². The van der Waals surface area contributed by atoms with Gasteiger partial charge in [-0.1, -0.05) is 15.9 Å². The van der Waals surface area contributed by atoms with E-state index in [4.69, 9.17) is 9.47 Å². The van der Waals surface area contributed by atoms with Crippen LogP contribution in [-0.2, 0) is 16.0 Å². The van der Waals surface area contributed by atoms with Crippen LogP contribution in [0.5, 0.6) is 0 Å². The number of hydrogen-bond donors (Lipinski definition) is 0. The van der Waals surface area contributed by atoms with E-state index >= 15 is 0 Å². The van der Waals surface area contributed by atoms with E-state index in [2.05, 4.69) is 38.1 Å². The number of rotatable bonds is 3. The van der Waals surface area contributed by atoms with Gasteiger partial charge in [0.15, 0.2) is 0 Å². The number of fused-ring (bicyclic) bond motifs is 1. The summed E-state index contributed by atoms with van der Waals surface area (Å²) in [5.41, 5.74) is 0.949. The minimum absolute atomic E-state index is 0.471. The summed E-state index contributed by atoms with van der Waals surface area (Å²) in [4.78, 5) is 17.4. The van der Waals surface area contributed by atoms with Gasteiger partial charge in [-0.2, -0.15) is 9.78 Å². The summed E-state index contributed by atoms with van der Waals surface area (Å²) in [5, 5.41) is 5.56. The predicted molar refractivity (Wildman–Crippen MR) is 118 cm³/mol. The van der Waals surface area contributed by atoms with Crippen LogP contribution >= 0.6 is 27.3 Å². The van der Waals surface area contributed by atoms with Gasteiger partial charge in [-0.05, 0) is 51.1 Å². The Morgan fingerprint density at radius 2 is 2.00 bits per heavy atom. The van der Waals surface area contributed by atoms with E-state index in [0.717, 1.165) is 58.8 Å². The number of carbonyl (C=O) groups is 1.